The lowest BCUT2D eigenvalue weighted by Gasteiger charge is -2.13. The molecule has 88 valence electrons. The van der Waals surface area contributed by atoms with Gasteiger partial charge in [0.1, 0.15) is 5.92 Å². The molecule has 0 spiro atoms. The van der Waals surface area contributed by atoms with E-state index in [-0.39, 0.29) is 5.48 Å². The molecule has 0 heterocycles. The Kier molecular flexibility index (Phi) is 5.18. The first kappa shape index (κ1) is 14.1. The highest BCUT2D eigenvalue weighted by molar-refractivity contribution is 6.04. The van der Waals surface area contributed by atoms with Crippen molar-refractivity contribution in [1.82, 2.24) is 0 Å². The Morgan fingerprint density at radius 1 is 1.19 bits per heavy atom. The average molecular weight is 224 g/mol. The smallest absolute Gasteiger partial charge is 0.234 e. The second-order valence-electron chi connectivity index (χ2n) is 3.29. The molecule has 0 aliphatic carbocycles. The van der Waals surface area contributed by atoms with E-state index in [4.69, 9.17) is 11.5 Å². The Hall–Kier alpha value is -1.88. The molecule has 0 unspecified atom stereocenters. The van der Waals surface area contributed by atoms with Crippen LogP contribution in [-0.4, -0.2) is 17.3 Å². The third-order valence-electron chi connectivity index (χ3n) is 2.32. The normalized spacial score (nSPS) is 9.62. The van der Waals surface area contributed by atoms with Gasteiger partial charge in [-0.1, -0.05) is 31.2 Å². The van der Waals surface area contributed by atoms with Crippen molar-refractivity contribution in [2.45, 2.75) is 19.3 Å². The van der Waals surface area contributed by atoms with Gasteiger partial charge in [-0.15, -0.1) is 0 Å². The maximum Gasteiger partial charge on any atom is 0.234 e. The number of primary amides is 2. The fraction of sp³-hybridized carbons (Fsp3) is 0.273. The fourth-order valence-corrected chi connectivity index (χ4v) is 1.58. The molecular weight excluding hydrogens is 208 g/mol. The summed E-state index contributed by atoms with van der Waals surface area (Å²) in [6, 6.07) is 7.17. The van der Waals surface area contributed by atoms with Gasteiger partial charge in [-0.2, -0.15) is 0 Å². The van der Waals surface area contributed by atoms with Crippen LogP contribution in [0.25, 0.3) is 0 Å². The van der Waals surface area contributed by atoms with Crippen LogP contribution in [0.5, 0.6) is 0 Å². The molecule has 0 aliphatic rings. The fourth-order valence-electron chi connectivity index (χ4n) is 1.58. The van der Waals surface area contributed by atoms with E-state index in [2.05, 4.69) is 0 Å². The van der Waals surface area contributed by atoms with Gasteiger partial charge >= 0.3 is 0 Å². The maximum atomic E-state index is 11.1. The first-order valence-corrected chi connectivity index (χ1v) is 4.74. The van der Waals surface area contributed by atoms with E-state index in [9.17, 15) is 9.59 Å². The van der Waals surface area contributed by atoms with Crippen molar-refractivity contribution in [2.75, 3.05) is 0 Å². The summed E-state index contributed by atoms with van der Waals surface area (Å²) in [5, 5.41) is 0. The highest BCUT2D eigenvalue weighted by Crippen LogP contribution is 2.20. The molecule has 1 aromatic rings. The molecule has 5 nitrogen and oxygen atoms in total. The van der Waals surface area contributed by atoms with E-state index in [0.717, 1.165) is 12.0 Å². The molecular formula is C11H16N2O3. The van der Waals surface area contributed by atoms with Gasteiger partial charge in [0.25, 0.3) is 0 Å². The van der Waals surface area contributed by atoms with Gasteiger partial charge in [0.15, 0.2) is 0 Å². The van der Waals surface area contributed by atoms with E-state index in [1.807, 2.05) is 19.1 Å². The number of hydrogen-bond donors (Lipinski definition) is 2. The molecule has 1 rings (SSSR count). The van der Waals surface area contributed by atoms with Crippen LogP contribution in [0.2, 0.25) is 0 Å². The van der Waals surface area contributed by atoms with Crippen molar-refractivity contribution in [3.8, 4) is 0 Å². The third-order valence-corrected chi connectivity index (χ3v) is 2.32. The predicted octanol–water partition coefficient (Wildman–Crippen LogP) is -0.521. The summed E-state index contributed by atoms with van der Waals surface area (Å²) in [6.45, 7) is 1.94. The quantitative estimate of drug-likeness (QED) is 0.669. The monoisotopic (exact) mass is 224 g/mol. The summed E-state index contributed by atoms with van der Waals surface area (Å²) in [5.41, 5.74) is 11.8. The number of aryl methyl sites for hydroxylation is 1. The van der Waals surface area contributed by atoms with Crippen LogP contribution in [0.15, 0.2) is 24.3 Å². The number of hydrogen-bond acceptors (Lipinski definition) is 2. The highest BCUT2D eigenvalue weighted by Gasteiger charge is 2.25. The van der Waals surface area contributed by atoms with Crippen molar-refractivity contribution in [2.24, 2.45) is 11.5 Å². The number of carbonyl (C=O) groups is 2. The van der Waals surface area contributed by atoms with Crippen molar-refractivity contribution < 1.29 is 15.1 Å². The molecule has 0 aliphatic heterocycles. The minimum Gasteiger partial charge on any atom is -0.412 e. The molecule has 0 saturated carbocycles. The number of amides is 2. The third kappa shape index (κ3) is 2.80. The molecule has 0 atom stereocenters. The van der Waals surface area contributed by atoms with Crippen molar-refractivity contribution >= 4 is 11.8 Å². The van der Waals surface area contributed by atoms with Crippen LogP contribution in [-0.2, 0) is 16.0 Å². The highest BCUT2D eigenvalue weighted by atomic mass is 16.2. The van der Waals surface area contributed by atoms with Crippen LogP contribution < -0.4 is 11.5 Å². The number of rotatable bonds is 4. The topological polar surface area (TPSA) is 118 Å². The van der Waals surface area contributed by atoms with Crippen molar-refractivity contribution in [3.63, 3.8) is 0 Å². The molecule has 0 saturated heterocycles. The van der Waals surface area contributed by atoms with Gasteiger partial charge in [0.2, 0.25) is 11.8 Å². The van der Waals surface area contributed by atoms with Gasteiger partial charge in [-0.25, -0.2) is 0 Å². The SMILES string of the molecule is CCc1ccccc1C(C(N)=O)C(N)=O.O. The Morgan fingerprint density at radius 2 is 1.69 bits per heavy atom. The van der Waals surface area contributed by atoms with Crippen LogP contribution >= 0.6 is 0 Å². The van der Waals surface area contributed by atoms with E-state index in [0.29, 0.717) is 5.56 Å². The lowest BCUT2D eigenvalue weighted by atomic mass is 9.92. The Bertz CT molecular complexity index is 377. The first-order valence-electron chi connectivity index (χ1n) is 4.74. The molecule has 16 heavy (non-hydrogen) atoms. The number of carbonyl (C=O) groups excluding carboxylic acids is 2. The summed E-state index contributed by atoms with van der Waals surface area (Å²) >= 11 is 0. The van der Waals surface area contributed by atoms with Crippen LogP contribution in [0.4, 0.5) is 0 Å². The minimum atomic E-state index is -1.03. The predicted molar refractivity (Wildman–Crippen MR) is 60.6 cm³/mol. The van der Waals surface area contributed by atoms with E-state index in [1.54, 1.807) is 12.1 Å². The Morgan fingerprint density at radius 3 is 2.12 bits per heavy atom. The zero-order chi connectivity index (χ0) is 11.4. The zero-order valence-corrected chi connectivity index (χ0v) is 9.07. The standard InChI is InChI=1S/C11H14N2O2.H2O/c1-2-7-5-3-4-6-8(7)9(10(12)14)11(13)15;/h3-6,9H,2H2,1H3,(H2,12,14)(H2,13,15);1H2. The van der Waals surface area contributed by atoms with E-state index >= 15 is 0 Å². The molecule has 1 aromatic carbocycles. The second-order valence-corrected chi connectivity index (χ2v) is 3.29. The summed E-state index contributed by atoms with van der Waals surface area (Å²) in [7, 11) is 0. The van der Waals surface area contributed by atoms with E-state index < -0.39 is 17.7 Å². The molecule has 2 amide bonds. The molecule has 0 radical (unpaired) electrons. The number of benzene rings is 1. The first-order chi connectivity index (χ1) is 7.07. The molecule has 0 fully saturated rings. The lowest BCUT2D eigenvalue weighted by molar-refractivity contribution is -0.128. The molecule has 0 aromatic heterocycles. The maximum absolute atomic E-state index is 11.1. The van der Waals surface area contributed by atoms with Crippen LogP contribution in [0.3, 0.4) is 0 Å². The Balaban J connectivity index is 0.00000225. The molecule has 0 bridgehead atoms. The van der Waals surface area contributed by atoms with Gasteiger partial charge in [-0.05, 0) is 17.5 Å². The molecule has 6 N–H and O–H groups in total. The van der Waals surface area contributed by atoms with E-state index in [1.165, 1.54) is 0 Å². The average Bonchev–Trinajstić information content (AvgIpc) is 2.17. The van der Waals surface area contributed by atoms with Crippen molar-refractivity contribution in [1.29, 1.82) is 0 Å². The Labute approximate surface area is 93.7 Å². The van der Waals surface area contributed by atoms with Crippen LogP contribution in [0.1, 0.15) is 24.0 Å². The largest absolute Gasteiger partial charge is 0.412 e. The summed E-state index contributed by atoms with van der Waals surface area (Å²) < 4.78 is 0. The summed E-state index contributed by atoms with van der Waals surface area (Å²) in [6.07, 6.45) is 0.729. The summed E-state index contributed by atoms with van der Waals surface area (Å²) in [5.74, 6) is -2.44. The van der Waals surface area contributed by atoms with Gasteiger partial charge in [-0.3, -0.25) is 9.59 Å². The minimum absolute atomic E-state index is 0. The molecule has 5 heteroatoms. The van der Waals surface area contributed by atoms with Gasteiger partial charge < -0.3 is 16.9 Å². The zero-order valence-electron chi connectivity index (χ0n) is 9.07. The second kappa shape index (κ2) is 5.87. The van der Waals surface area contributed by atoms with Gasteiger partial charge in [0, 0.05) is 0 Å². The van der Waals surface area contributed by atoms with Crippen molar-refractivity contribution in [3.05, 3.63) is 35.4 Å². The lowest BCUT2D eigenvalue weighted by Crippen LogP contribution is -2.33. The van der Waals surface area contributed by atoms with Crippen LogP contribution in [0, 0.1) is 0 Å². The summed E-state index contributed by atoms with van der Waals surface area (Å²) in [4.78, 5) is 22.3. The van der Waals surface area contributed by atoms with Gasteiger partial charge in [0.05, 0.1) is 0 Å². The number of nitrogens with two attached hydrogens (primary N) is 2.